The quantitative estimate of drug-likeness (QED) is 0.528. The molecule has 0 unspecified atom stereocenters. The zero-order chi connectivity index (χ0) is 7.68. The van der Waals surface area contributed by atoms with Crippen molar-refractivity contribution >= 4 is 17.6 Å². The third kappa shape index (κ3) is 0.778. The highest BCUT2D eigenvalue weighted by atomic mass is 16.1. The van der Waals surface area contributed by atoms with Crippen LogP contribution in [0.1, 0.15) is 0 Å². The summed E-state index contributed by atoms with van der Waals surface area (Å²) in [5.74, 6) is 0. The van der Waals surface area contributed by atoms with Crippen LogP contribution in [0.15, 0.2) is 18.9 Å². The smallest absolute Gasteiger partial charge is 0.219 e. The minimum Gasteiger partial charge on any atom is -0.278 e. The number of hydrogen-bond donors (Lipinski definition) is 0. The van der Waals surface area contributed by atoms with Crippen molar-refractivity contribution in [1.29, 1.82) is 0 Å². The Morgan fingerprint density at radius 1 is 1.45 bits per heavy atom. The second-order valence-corrected chi connectivity index (χ2v) is 1.99. The van der Waals surface area contributed by atoms with Gasteiger partial charge in [0.25, 0.3) is 0 Å². The van der Waals surface area contributed by atoms with Gasteiger partial charge in [0, 0.05) is 0 Å². The van der Waals surface area contributed by atoms with Crippen LogP contribution in [-0.2, 0) is 4.79 Å². The molecule has 0 amide bonds. The van der Waals surface area contributed by atoms with Crippen molar-refractivity contribution in [2.24, 2.45) is 0 Å². The van der Waals surface area contributed by atoms with E-state index in [4.69, 9.17) is 0 Å². The zero-order valence-corrected chi connectivity index (χ0v) is 5.51. The van der Waals surface area contributed by atoms with E-state index in [1.807, 2.05) is 0 Å². The van der Waals surface area contributed by atoms with E-state index in [-0.39, 0.29) is 0 Å². The molecular weight excluding hydrogens is 144 g/mol. The normalized spacial score (nSPS) is 10.2. The van der Waals surface area contributed by atoms with Crippen LogP contribution in [0.3, 0.4) is 0 Å². The predicted octanol–water partition coefficient (Wildman–Crippen LogP) is -0.135. The summed E-state index contributed by atoms with van der Waals surface area (Å²) in [5, 5.41) is 0. The van der Waals surface area contributed by atoms with Crippen LogP contribution in [0, 0.1) is 0 Å². The summed E-state index contributed by atoms with van der Waals surface area (Å²) in [6.07, 6.45) is 5.01. The Bertz CT molecular complexity index is 394. The molecule has 0 saturated heterocycles. The molecule has 0 atom stereocenters. The van der Waals surface area contributed by atoms with Gasteiger partial charge in [-0.15, -0.1) is 0 Å². The molecule has 0 aliphatic carbocycles. The second kappa shape index (κ2) is 2.12. The number of hydrogen-bond acceptors (Lipinski definition) is 4. The summed E-state index contributed by atoms with van der Waals surface area (Å²) in [6.45, 7) is 0. The molecule has 54 valence electrons. The lowest BCUT2D eigenvalue weighted by Crippen LogP contribution is -1.91. The van der Waals surface area contributed by atoms with Crippen LogP contribution >= 0.6 is 0 Å². The minimum atomic E-state index is 0.534. The highest BCUT2D eigenvalue weighted by Crippen LogP contribution is 2.03. The lowest BCUT2D eigenvalue weighted by molar-refractivity contribution is 0.548. The summed E-state index contributed by atoms with van der Waals surface area (Å²) in [5.41, 5.74) is 1.16. The summed E-state index contributed by atoms with van der Waals surface area (Å²) < 4.78 is 1.33. The van der Waals surface area contributed by atoms with Gasteiger partial charge in [0.2, 0.25) is 6.41 Å². The molecule has 11 heavy (non-hydrogen) atoms. The first-order chi connectivity index (χ1) is 5.42. The van der Waals surface area contributed by atoms with E-state index in [0.717, 1.165) is 0 Å². The minimum absolute atomic E-state index is 0.534. The molecule has 2 aromatic heterocycles. The Morgan fingerprint density at radius 3 is 3.18 bits per heavy atom. The maximum absolute atomic E-state index is 10.3. The van der Waals surface area contributed by atoms with Gasteiger partial charge in [-0.25, -0.2) is 15.0 Å². The zero-order valence-electron chi connectivity index (χ0n) is 5.51. The first kappa shape index (κ1) is 5.96. The largest absolute Gasteiger partial charge is 0.278 e. The van der Waals surface area contributed by atoms with Gasteiger partial charge in [-0.05, 0) is 0 Å². The lowest BCUT2D eigenvalue weighted by Gasteiger charge is -1.87. The van der Waals surface area contributed by atoms with Gasteiger partial charge in [0.05, 0.1) is 6.20 Å². The number of nitrogens with zero attached hydrogens (tertiary/aromatic N) is 4. The standard InChI is InChI=1S/C6H4N4O/c11-4-10-3-9-6-5(10)1-7-2-8-6/h1-4H. The summed E-state index contributed by atoms with van der Waals surface area (Å²) in [7, 11) is 0. The molecule has 0 saturated carbocycles. The van der Waals surface area contributed by atoms with Crippen molar-refractivity contribution < 1.29 is 4.79 Å². The van der Waals surface area contributed by atoms with Crippen LogP contribution in [0.2, 0.25) is 0 Å². The molecular formula is C6H4N4O. The molecule has 5 nitrogen and oxygen atoms in total. The van der Waals surface area contributed by atoms with E-state index in [1.165, 1.54) is 17.2 Å². The van der Waals surface area contributed by atoms with Crippen LogP contribution in [0.25, 0.3) is 11.2 Å². The van der Waals surface area contributed by atoms with Crippen LogP contribution in [-0.4, -0.2) is 25.9 Å². The molecule has 2 heterocycles. The topological polar surface area (TPSA) is 60.7 Å². The molecule has 0 radical (unpaired) electrons. The molecule has 0 aliphatic rings. The first-order valence-corrected chi connectivity index (χ1v) is 2.99. The Morgan fingerprint density at radius 2 is 2.36 bits per heavy atom. The lowest BCUT2D eigenvalue weighted by atomic mass is 10.5. The molecule has 0 aliphatic heterocycles. The third-order valence-electron chi connectivity index (χ3n) is 1.37. The molecule has 5 heteroatoms. The van der Waals surface area contributed by atoms with Crippen LogP contribution in [0.5, 0.6) is 0 Å². The molecule has 2 rings (SSSR count). The summed E-state index contributed by atoms with van der Waals surface area (Å²) in [4.78, 5) is 21.8. The summed E-state index contributed by atoms with van der Waals surface area (Å²) >= 11 is 0. The molecule has 0 bridgehead atoms. The van der Waals surface area contributed by atoms with E-state index in [1.54, 1.807) is 6.20 Å². The number of carbonyl (C=O) groups is 1. The highest BCUT2D eigenvalue weighted by molar-refractivity contribution is 5.77. The van der Waals surface area contributed by atoms with Crippen molar-refractivity contribution in [3.63, 3.8) is 0 Å². The Labute approximate surface area is 61.7 Å². The maximum Gasteiger partial charge on any atom is 0.219 e. The fourth-order valence-corrected chi connectivity index (χ4v) is 0.861. The molecule has 0 aromatic carbocycles. The summed E-state index contributed by atoms with van der Waals surface area (Å²) in [6, 6.07) is 0. The second-order valence-electron chi connectivity index (χ2n) is 1.99. The number of aromatic nitrogens is 4. The van der Waals surface area contributed by atoms with Gasteiger partial charge in [0.15, 0.2) is 5.65 Å². The SMILES string of the molecule is O=Cn1cnc2ncncc21. The molecule has 0 fully saturated rings. The first-order valence-electron chi connectivity index (χ1n) is 2.99. The number of fused-ring (bicyclic) bond motifs is 1. The molecule has 0 spiro atoms. The maximum atomic E-state index is 10.3. The number of carbonyl (C=O) groups excluding carboxylic acids is 1. The van der Waals surface area contributed by atoms with Gasteiger partial charge >= 0.3 is 0 Å². The number of rotatable bonds is 1. The van der Waals surface area contributed by atoms with Crippen molar-refractivity contribution in [2.45, 2.75) is 0 Å². The van der Waals surface area contributed by atoms with Crippen LogP contribution in [0.4, 0.5) is 0 Å². The van der Waals surface area contributed by atoms with Crippen molar-refractivity contribution in [3.8, 4) is 0 Å². The van der Waals surface area contributed by atoms with Gasteiger partial charge in [-0.2, -0.15) is 0 Å². The van der Waals surface area contributed by atoms with E-state index < -0.39 is 0 Å². The predicted molar refractivity (Wildman–Crippen MR) is 37.5 cm³/mol. The van der Waals surface area contributed by atoms with Crippen molar-refractivity contribution in [1.82, 2.24) is 19.5 Å². The van der Waals surface area contributed by atoms with E-state index in [9.17, 15) is 4.79 Å². The fraction of sp³-hybridized carbons (Fsp3) is 0. The van der Waals surface area contributed by atoms with E-state index >= 15 is 0 Å². The third-order valence-corrected chi connectivity index (χ3v) is 1.37. The molecule has 2 aromatic rings. The van der Waals surface area contributed by atoms with E-state index in [0.29, 0.717) is 17.6 Å². The Kier molecular flexibility index (Phi) is 1.15. The average molecular weight is 148 g/mol. The Balaban J connectivity index is 2.86. The van der Waals surface area contributed by atoms with Crippen molar-refractivity contribution in [2.75, 3.05) is 0 Å². The highest BCUT2D eigenvalue weighted by Gasteiger charge is 1.99. The van der Waals surface area contributed by atoms with Gasteiger partial charge in [0.1, 0.15) is 18.2 Å². The number of imidazole rings is 1. The van der Waals surface area contributed by atoms with Crippen molar-refractivity contribution in [3.05, 3.63) is 18.9 Å². The van der Waals surface area contributed by atoms with Gasteiger partial charge in [-0.1, -0.05) is 0 Å². The van der Waals surface area contributed by atoms with Gasteiger partial charge in [-0.3, -0.25) is 9.36 Å². The molecule has 0 N–H and O–H groups in total. The fourth-order valence-electron chi connectivity index (χ4n) is 0.861. The monoisotopic (exact) mass is 148 g/mol. The van der Waals surface area contributed by atoms with Gasteiger partial charge < -0.3 is 0 Å². The van der Waals surface area contributed by atoms with Crippen LogP contribution < -0.4 is 0 Å². The Hall–Kier alpha value is -1.78. The average Bonchev–Trinajstić information content (AvgIpc) is 2.47. The van der Waals surface area contributed by atoms with E-state index in [2.05, 4.69) is 15.0 Å².